The first-order valence-corrected chi connectivity index (χ1v) is 3.80. The summed E-state index contributed by atoms with van der Waals surface area (Å²) in [6, 6.07) is 0. The molecule has 4 nitrogen and oxygen atoms in total. The Bertz CT molecular complexity index is 152. The monoisotopic (exact) mass is 159 g/mol. The first-order valence-electron chi connectivity index (χ1n) is 3.80. The maximum Gasteiger partial charge on any atom is 0.361 e. The molecule has 0 aromatic rings. The molecule has 1 saturated heterocycles. The Kier molecular flexibility index (Phi) is 2.46. The van der Waals surface area contributed by atoms with Crippen molar-refractivity contribution in [2.45, 2.75) is 12.8 Å². The number of nitrogens with zero attached hydrogens (tertiary/aromatic N) is 1. The molecule has 0 amide bonds. The highest BCUT2D eigenvalue weighted by molar-refractivity contribution is 5.70. The van der Waals surface area contributed by atoms with Crippen molar-refractivity contribution in [1.29, 1.82) is 0 Å². The maximum atomic E-state index is 11.5. The van der Waals surface area contributed by atoms with Crippen LogP contribution in [0.25, 0.3) is 0 Å². The number of methoxy groups -OCH3 is 1. The van der Waals surface area contributed by atoms with Crippen LogP contribution >= 0.6 is 0 Å². The molecule has 0 aromatic carbocycles. The third-order valence-corrected chi connectivity index (χ3v) is 2.03. The fourth-order valence-corrected chi connectivity index (χ4v) is 1.37. The number of hydrogen-bond donors (Lipinski definition) is 0. The standard InChI is InChI=1S/C7H13NO3/c1-11-7(9)6-8(10)4-2-3-5-8/h2-6H2,1H3. The van der Waals surface area contributed by atoms with E-state index in [0.717, 1.165) is 12.8 Å². The Morgan fingerprint density at radius 3 is 2.55 bits per heavy atom. The molecule has 0 aromatic heterocycles. The van der Waals surface area contributed by atoms with Gasteiger partial charge in [0.05, 0.1) is 20.2 Å². The van der Waals surface area contributed by atoms with Gasteiger partial charge in [-0.3, -0.25) is 0 Å². The second-order valence-electron chi connectivity index (χ2n) is 2.95. The zero-order valence-corrected chi connectivity index (χ0v) is 6.71. The van der Waals surface area contributed by atoms with Gasteiger partial charge in [-0.2, -0.15) is 0 Å². The zero-order valence-electron chi connectivity index (χ0n) is 6.71. The lowest BCUT2D eigenvalue weighted by Crippen LogP contribution is -2.43. The van der Waals surface area contributed by atoms with E-state index in [1.165, 1.54) is 7.11 Å². The molecular formula is C7H13NO3. The van der Waals surface area contributed by atoms with Crippen LogP contribution in [0.3, 0.4) is 0 Å². The zero-order chi connectivity index (χ0) is 8.32. The van der Waals surface area contributed by atoms with Gasteiger partial charge in [0.2, 0.25) is 0 Å². The van der Waals surface area contributed by atoms with Crippen LogP contribution in [0, 0.1) is 5.21 Å². The quantitative estimate of drug-likeness (QED) is 0.330. The summed E-state index contributed by atoms with van der Waals surface area (Å²) in [5, 5.41) is 11.5. The maximum absolute atomic E-state index is 11.5. The average Bonchev–Trinajstić information content (AvgIpc) is 2.36. The Labute approximate surface area is 65.9 Å². The summed E-state index contributed by atoms with van der Waals surface area (Å²) in [6.45, 7) is 1.11. The lowest BCUT2D eigenvalue weighted by atomic mass is 10.4. The summed E-state index contributed by atoms with van der Waals surface area (Å²) in [7, 11) is 1.31. The summed E-state index contributed by atoms with van der Waals surface area (Å²) in [6.07, 6.45) is 1.86. The SMILES string of the molecule is COC(=O)C[N+]1([O-])CCCC1. The highest BCUT2D eigenvalue weighted by Crippen LogP contribution is 2.16. The van der Waals surface area contributed by atoms with Gasteiger partial charge >= 0.3 is 5.97 Å². The smallest absolute Gasteiger partial charge is 0.361 e. The molecule has 1 aliphatic heterocycles. The molecule has 1 fully saturated rings. The van der Waals surface area contributed by atoms with E-state index in [0.29, 0.717) is 13.1 Å². The predicted molar refractivity (Wildman–Crippen MR) is 39.5 cm³/mol. The van der Waals surface area contributed by atoms with Crippen LogP contribution in [0.4, 0.5) is 0 Å². The molecule has 0 bridgehead atoms. The van der Waals surface area contributed by atoms with Crippen molar-refractivity contribution in [3.05, 3.63) is 5.21 Å². The topological polar surface area (TPSA) is 49.4 Å². The van der Waals surface area contributed by atoms with Gasteiger partial charge in [-0.15, -0.1) is 0 Å². The van der Waals surface area contributed by atoms with E-state index in [4.69, 9.17) is 0 Å². The Hall–Kier alpha value is -0.610. The van der Waals surface area contributed by atoms with E-state index >= 15 is 0 Å². The first-order chi connectivity index (χ1) is 5.16. The van der Waals surface area contributed by atoms with Crippen molar-refractivity contribution in [2.75, 3.05) is 26.7 Å². The van der Waals surface area contributed by atoms with Crippen molar-refractivity contribution in [2.24, 2.45) is 0 Å². The second kappa shape index (κ2) is 3.19. The molecule has 0 N–H and O–H groups in total. The summed E-state index contributed by atoms with van der Waals surface area (Å²) in [5.41, 5.74) is 0. The number of esters is 1. The van der Waals surface area contributed by atoms with Crippen molar-refractivity contribution >= 4 is 5.97 Å². The van der Waals surface area contributed by atoms with E-state index in [2.05, 4.69) is 4.74 Å². The predicted octanol–water partition coefficient (Wildman–Crippen LogP) is 0.268. The van der Waals surface area contributed by atoms with Gasteiger partial charge in [0.15, 0.2) is 6.54 Å². The van der Waals surface area contributed by atoms with Gasteiger partial charge in [0, 0.05) is 12.8 Å². The fourth-order valence-electron chi connectivity index (χ4n) is 1.37. The summed E-state index contributed by atoms with van der Waals surface area (Å²) in [5.74, 6) is -0.401. The molecule has 0 spiro atoms. The molecule has 0 aliphatic carbocycles. The second-order valence-corrected chi connectivity index (χ2v) is 2.95. The minimum Gasteiger partial charge on any atom is -0.632 e. The van der Waals surface area contributed by atoms with E-state index < -0.39 is 5.97 Å². The number of carbonyl (C=O) groups is 1. The Morgan fingerprint density at radius 2 is 2.09 bits per heavy atom. The van der Waals surface area contributed by atoms with Crippen LogP contribution in [0.1, 0.15) is 12.8 Å². The van der Waals surface area contributed by atoms with Crippen LogP contribution in [-0.2, 0) is 9.53 Å². The van der Waals surface area contributed by atoms with Gasteiger partial charge in [-0.05, 0) is 0 Å². The summed E-state index contributed by atoms with van der Waals surface area (Å²) >= 11 is 0. The van der Waals surface area contributed by atoms with Crippen molar-refractivity contribution in [3.8, 4) is 0 Å². The number of likely N-dealkylation sites (tertiary alicyclic amines) is 1. The number of ether oxygens (including phenoxy) is 1. The van der Waals surface area contributed by atoms with E-state index in [1.807, 2.05) is 0 Å². The molecule has 1 rings (SSSR count). The molecule has 0 saturated carbocycles. The minimum absolute atomic E-state index is 0.0174. The van der Waals surface area contributed by atoms with Crippen molar-refractivity contribution in [1.82, 2.24) is 0 Å². The average molecular weight is 159 g/mol. The first kappa shape index (κ1) is 8.49. The number of carbonyl (C=O) groups excluding carboxylic acids is 1. The van der Waals surface area contributed by atoms with Crippen molar-refractivity contribution in [3.63, 3.8) is 0 Å². The molecule has 0 unspecified atom stereocenters. The summed E-state index contributed by atoms with van der Waals surface area (Å²) in [4.78, 5) is 10.7. The minimum atomic E-state index is -0.401. The third-order valence-electron chi connectivity index (χ3n) is 2.03. The third kappa shape index (κ3) is 2.17. The molecular weight excluding hydrogens is 146 g/mol. The van der Waals surface area contributed by atoms with E-state index in [9.17, 15) is 10.0 Å². The normalized spacial score (nSPS) is 21.6. The van der Waals surface area contributed by atoms with Gasteiger partial charge in [0.25, 0.3) is 0 Å². The van der Waals surface area contributed by atoms with Gasteiger partial charge in [-0.1, -0.05) is 0 Å². The highest BCUT2D eigenvalue weighted by Gasteiger charge is 2.25. The number of hydrogen-bond acceptors (Lipinski definition) is 3. The number of hydroxylamine groups is 3. The molecule has 1 aliphatic rings. The van der Waals surface area contributed by atoms with Gasteiger partial charge in [-0.25, -0.2) is 4.79 Å². The largest absolute Gasteiger partial charge is 0.632 e. The molecule has 4 heteroatoms. The lowest BCUT2D eigenvalue weighted by molar-refractivity contribution is -0.860. The van der Waals surface area contributed by atoms with Crippen LogP contribution in [-0.4, -0.2) is 37.4 Å². The molecule has 0 radical (unpaired) electrons. The summed E-state index contributed by atoms with van der Waals surface area (Å²) < 4.78 is 4.04. The molecule has 0 atom stereocenters. The van der Waals surface area contributed by atoms with Crippen molar-refractivity contribution < 1.29 is 14.2 Å². The van der Waals surface area contributed by atoms with Gasteiger partial charge in [0.1, 0.15) is 0 Å². The van der Waals surface area contributed by atoms with E-state index in [1.54, 1.807) is 0 Å². The highest BCUT2D eigenvalue weighted by atomic mass is 16.6. The molecule has 64 valence electrons. The van der Waals surface area contributed by atoms with Crippen LogP contribution in [0.5, 0.6) is 0 Å². The Morgan fingerprint density at radius 1 is 1.55 bits per heavy atom. The van der Waals surface area contributed by atoms with Gasteiger partial charge < -0.3 is 14.6 Å². The fraction of sp³-hybridized carbons (Fsp3) is 0.857. The number of rotatable bonds is 2. The lowest BCUT2D eigenvalue weighted by Gasteiger charge is -2.36. The van der Waals surface area contributed by atoms with E-state index in [-0.39, 0.29) is 11.2 Å². The Balaban J connectivity index is 2.39. The van der Waals surface area contributed by atoms with Crippen LogP contribution < -0.4 is 0 Å². The van der Waals surface area contributed by atoms with Crippen LogP contribution in [0.2, 0.25) is 0 Å². The molecule has 11 heavy (non-hydrogen) atoms. The number of quaternary nitrogens is 1. The van der Waals surface area contributed by atoms with Crippen LogP contribution in [0.15, 0.2) is 0 Å². The molecule has 1 heterocycles.